The van der Waals surface area contributed by atoms with Gasteiger partial charge in [0.15, 0.2) is 5.78 Å². The normalized spacial score (nSPS) is 10.9. The van der Waals surface area contributed by atoms with Crippen LogP contribution in [0.1, 0.15) is 24.2 Å². The zero-order valence-corrected chi connectivity index (χ0v) is 12.9. The van der Waals surface area contributed by atoms with E-state index in [1.54, 1.807) is 36.2 Å². The molecule has 0 aliphatic heterocycles. The summed E-state index contributed by atoms with van der Waals surface area (Å²) in [6.45, 7) is 5.07. The molecule has 1 aromatic rings. The molecule has 1 aromatic carbocycles. The number of nitrogens with zero attached hydrogens (tertiary/aromatic N) is 1. The molecule has 1 amide bonds. The van der Waals surface area contributed by atoms with E-state index in [4.69, 9.17) is 11.6 Å². The van der Waals surface area contributed by atoms with E-state index in [9.17, 15) is 9.59 Å². The molecule has 1 N–H and O–H groups in total. The van der Waals surface area contributed by atoms with E-state index in [1.165, 1.54) is 0 Å². The lowest BCUT2D eigenvalue weighted by atomic mass is 10.1. The van der Waals surface area contributed by atoms with Crippen LogP contribution >= 0.6 is 11.6 Å². The third-order valence-electron chi connectivity index (χ3n) is 2.71. The third-order valence-corrected chi connectivity index (χ3v) is 3.04. The summed E-state index contributed by atoms with van der Waals surface area (Å²) in [4.78, 5) is 25.4. The van der Waals surface area contributed by atoms with Crippen LogP contribution in [0.15, 0.2) is 24.3 Å². The summed E-state index contributed by atoms with van der Waals surface area (Å²) >= 11 is 5.97. The molecule has 1 rings (SSSR count). The Morgan fingerprint density at radius 2 is 1.90 bits per heavy atom. The van der Waals surface area contributed by atoms with Gasteiger partial charge in [-0.15, -0.1) is 0 Å². The van der Waals surface area contributed by atoms with Gasteiger partial charge in [-0.05, 0) is 25.1 Å². The van der Waals surface area contributed by atoms with Crippen LogP contribution in [-0.2, 0) is 4.79 Å². The maximum Gasteiger partial charge on any atom is 0.234 e. The number of carbonyl (C=O) groups is 2. The fourth-order valence-corrected chi connectivity index (χ4v) is 1.93. The monoisotopic (exact) mass is 296 g/mol. The Kier molecular flexibility index (Phi) is 6.68. The van der Waals surface area contributed by atoms with Crippen LogP contribution in [-0.4, -0.2) is 43.3 Å². The van der Waals surface area contributed by atoms with Gasteiger partial charge in [-0.1, -0.05) is 37.6 Å². The number of hydrogen-bond acceptors (Lipinski definition) is 3. The van der Waals surface area contributed by atoms with Gasteiger partial charge in [-0.25, -0.2) is 0 Å². The number of hydrogen-bond donors (Lipinski definition) is 1. The number of Topliss-reactive ketones (excluding diaryl/α,β-unsaturated/α-hetero) is 1. The van der Waals surface area contributed by atoms with Gasteiger partial charge >= 0.3 is 0 Å². The summed E-state index contributed by atoms with van der Waals surface area (Å²) in [6.07, 6.45) is 0. The maximum atomic E-state index is 12.1. The second-order valence-corrected chi connectivity index (χ2v) is 5.68. The second kappa shape index (κ2) is 8.02. The maximum absolute atomic E-state index is 12.1. The molecular weight excluding hydrogens is 276 g/mol. The smallest absolute Gasteiger partial charge is 0.234 e. The average molecular weight is 297 g/mol. The Labute approximate surface area is 125 Å². The van der Waals surface area contributed by atoms with E-state index in [1.807, 2.05) is 13.8 Å². The highest BCUT2D eigenvalue weighted by Gasteiger charge is 2.14. The van der Waals surface area contributed by atoms with Crippen molar-refractivity contribution >= 4 is 23.3 Å². The number of benzene rings is 1. The highest BCUT2D eigenvalue weighted by Crippen LogP contribution is 2.15. The quantitative estimate of drug-likeness (QED) is 0.785. The van der Waals surface area contributed by atoms with Crippen molar-refractivity contribution < 1.29 is 9.59 Å². The van der Waals surface area contributed by atoms with Crippen molar-refractivity contribution in [3.05, 3.63) is 34.9 Å². The average Bonchev–Trinajstić information content (AvgIpc) is 2.36. The van der Waals surface area contributed by atoms with Crippen LogP contribution in [0, 0.1) is 5.92 Å². The number of carbonyl (C=O) groups excluding carboxylic acids is 2. The number of halogens is 1. The molecule has 0 aromatic heterocycles. The van der Waals surface area contributed by atoms with E-state index < -0.39 is 0 Å². The standard InChI is InChI=1S/C15H21ClN2O2/c1-11(2)8-17-15(20)10-18(3)9-14(19)12-6-4-5-7-13(12)16/h4-7,11H,8-10H2,1-3H3,(H,17,20). The van der Waals surface area contributed by atoms with Gasteiger partial charge in [-0.2, -0.15) is 0 Å². The zero-order chi connectivity index (χ0) is 15.1. The molecule has 4 nitrogen and oxygen atoms in total. The minimum absolute atomic E-state index is 0.0758. The molecule has 0 atom stereocenters. The first kappa shape index (κ1) is 16.7. The molecule has 0 spiro atoms. The number of likely N-dealkylation sites (N-methyl/N-ethyl adjacent to an activating group) is 1. The van der Waals surface area contributed by atoms with Gasteiger partial charge in [0.05, 0.1) is 18.1 Å². The molecule has 0 fully saturated rings. The summed E-state index contributed by atoms with van der Waals surface area (Å²) < 4.78 is 0. The summed E-state index contributed by atoms with van der Waals surface area (Å²) in [7, 11) is 1.74. The van der Waals surface area contributed by atoms with Gasteiger partial charge in [0.25, 0.3) is 0 Å². The van der Waals surface area contributed by atoms with Gasteiger partial charge in [0, 0.05) is 12.1 Å². The van der Waals surface area contributed by atoms with Crippen molar-refractivity contribution in [1.82, 2.24) is 10.2 Å². The number of nitrogens with one attached hydrogen (secondary N) is 1. The van der Waals surface area contributed by atoms with Crippen molar-refractivity contribution in [1.29, 1.82) is 0 Å². The Morgan fingerprint density at radius 3 is 2.50 bits per heavy atom. The van der Waals surface area contributed by atoms with Crippen LogP contribution in [0.4, 0.5) is 0 Å². The topological polar surface area (TPSA) is 49.4 Å². The van der Waals surface area contributed by atoms with Crippen molar-refractivity contribution in [3.63, 3.8) is 0 Å². The van der Waals surface area contributed by atoms with Gasteiger partial charge in [0.1, 0.15) is 0 Å². The van der Waals surface area contributed by atoms with Gasteiger partial charge in [0.2, 0.25) is 5.91 Å². The first-order valence-corrected chi connectivity index (χ1v) is 7.01. The summed E-state index contributed by atoms with van der Waals surface area (Å²) in [5, 5.41) is 3.26. The van der Waals surface area contributed by atoms with Crippen LogP contribution in [0.5, 0.6) is 0 Å². The Bertz CT molecular complexity index is 475. The SMILES string of the molecule is CC(C)CNC(=O)CN(C)CC(=O)c1ccccc1Cl. The van der Waals surface area contributed by atoms with E-state index in [2.05, 4.69) is 5.32 Å². The molecule has 0 saturated heterocycles. The second-order valence-electron chi connectivity index (χ2n) is 5.27. The number of rotatable bonds is 7. The molecular formula is C15H21ClN2O2. The van der Waals surface area contributed by atoms with Gasteiger partial charge in [-0.3, -0.25) is 14.5 Å². The first-order chi connectivity index (χ1) is 9.40. The molecule has 20 heavy (non-hydrogen) atoms. The highest BCUT2D eigenvalue weighted by atomic mass is 35.5. The van der Waals surface area contributed by atoms with Crippen molar-refractivity contribution in [2.24, 2.45) is 5.92 Å². The predicted octanol–water partition coefficient (Wildman–Crippen LogP) is 2.23. The van der Waals surface area contributed by atoms with Crippen LogP contribution in [0.25, 0.3) is 0 Å². The molecule has 0 aliphatic carbocycles. The predicted molar refractivity (Wildman–Crippen MR) is 81.1 cm³/mol. The van der Waals surface area contributed by atoms with E-state index in [0.29, 0.717) is 23.0 Å². The molecule has 0 unspecified atom stereocenters. The fourth-order valence-electron chi connectivity index (χ4n) is 1.69. The van der Waals surface area contributed by atoms with Crippen molar-refractivity contribution in [3.8, 4) is 0 Å². The summed E-state index contributed by atoms with van der Waals surface area (Å²) in [6, 6.07) is 6.93. The molecule has 0 radical (unpaired) electrons. The largest absolute Gasteiger partial charge is 0.355 e. The molecule has 5 heteroatoms. The lowest BCUT2D eigenvalue weighted by Crippen LogP contribution is -2.38. The molecule has 0 saturated carbocycles. The number of ketones is 1. The Balaban J connectivity index is 2.46. The Morgan fingerprint density at radius 1 is 1.25 bits per heavy atom. The molecule has 0 bridgehead atoms. The van der Waals surface area contributed by atoms with Crippen LogP contribution in [0.2, 0.25) is 5.02 Å². The van der Waals surface area contributed by atoms with E-state index in [-0.39, 0.29) is 24.8 Å². The molecule has 0 aliphatic rings. The van der Waals surface area contributed by atoms with Crippen molar-refractivity contribution in [2.75, 3.05) is 26.7 Å². The van der Waals surface area contributed by atoms with Gasteiger partial charge < -0.3 is 5.32 Å². The van der Waals surface area contributed by atoms with Crippen LogP contribution in [0.3, 0.4) is 0 Å². The highest BCUT2D eigenvalue weighted by molar-refractivity contribution is 6.34. The first-order valence-electron chi connectivity index (χ1n) is 6.63. The fraction of sp³-hybridized carbons (Fsp3) is 0.467. The minimum atomic E-state index is -0.0882. The third kappa shape index (κ3) is 5.72. The lowest BCUT2D eigenvalue weighted by molar-refractivity contribution is -0.121. The summed E-state index contributed by atoms with van der Waals surface area (Å²) in [5.41, 5.74) is 0.489. The lowest BCUT2D eigenvalue weighted by Gasteiger charge is -2.16. The summed E-state index contributed by atoms with van der Waals surface area (Å²) in [5.74, 6) is 0.247. The van der Waals surface area contributed by atoms with Crippen molar-refractivity contribution in [2.45, 2.75) is 13.8 Å². The van der Waals surface area contributed by atoms with E-state index >= 15 is 0 Å². The van der Waals surface area contributed by atoms with E-state index in [0.717, 1.165) is 0 Å². The molecule has 110 valence electrons. The number of amides is 1. The molecule has 0 heterocycles. The minimum Gasteiger partial charge on any atom is -0.355 e. The zero-order valence-electron chi connectivity index (χ0n) is 12.1. The Hall–Kier alpha value is -1.39. The van der Waals surface area contributed by atoms with Crippen LogP contribution < -0.4 is 5.32 Å².